The van der Waals surface area contributed by atoms with Crippen LogP contribution < -0.4 is 10.6 Å². The Labute approximate surface area is 102 Å². The summed E-state index contributed by atoms with van der Waals surface area (Å²) >= 11 is 0. The van der Waals surface area contributed by atoms with E-state index < -0.39 is 0 Å². The minimum atomic E-state index is -0.208. The molecule has 0 fully saturated rings. The van der Waals surface area contributed by atoms with E-state index in [0.29, 0.717) is 19.5 Å². The van der Waals surface area contributed by atoms with Crippen LogP contribution in [0, 0.1) is 0 Å². The number of methoxy groups -OCH3 is 1. The normalized spacial score (nSPS) is 12.2. The third-order valence-corrected chi connectivity index (χ3v) is 2.68. The van der Waals surface area contributed by atoms with E-state index in [2.05, 4.69) is 0 Å². The van der Waals surface area contributed by atoms with Gasteiger partial charge in [0.25, 0.3) is 0 Å². The van der Waals surface area contributed by atoms with Gasteiger partial charge in [0.1, 0.15) is 0 Å². The molecule has 4 nitrogen and oxygen atoms in total. The van der Waals surface area contributed by atoms with Gasteiger partial charge in [0.2, 0.25) is 5.91 Å². The number of nitrogens with zero attached hydrogens (tertiary/aromatic N) is 1. The van der Waals surface area contributed by atoms with E-state index in [0.717, 1.165) is 5.69 Å². The van der Waals surface area contributed by atoms with Crippen molar-refractivity contribution in [3.63, 3.8) is 0 Å². The fourth-order valence-corrected chi connectivity index (χ4v) is 1.68. The number of hydrogen-bond donors (Lipinski definition) is 1. The molecule has 4 heteroatoms. The number of anilines is 1. The number of amides is 1. The van der Waals surface area contributed by atoms with Gasteiger partial charge in [0.15, 0.2) is 0 Å². The van der Waals surface area contributed by atoms with Crippen LogP contribution in [0.4, 0.5) is 5.69 Å². The maximum absolute atomic E-state index is 12.1. The number of carbonyl (C=O) groups is 1. The lowest BCUT2D eigenvalue weighted by Gasteiger charge is -2.23. The van der Waals surface area contributed by atoms with Crippen molar-refractivity contribution in [2.75, 3.05) is 25.1 Å². The van der Waals surface area contributed by atoms with Crippen molar-refractivity contribution in [3.8, 4) is 0 Å². The number of ether oxygens (including phenoxy) is 1. The number of hydrogen-bond acceptors (Lipinski definition) is 3. The van der Waals surface area contributed by atoms with E-state index in [1.165, 1.54) is 0 Å². The Morgan fingerprint density at radius 3 is 2.53 bits per heavy atom. The first-order valence-corrected chi connectivity index (χ1v) is 5.81. The number of para-hydroxylation sites is 1. The molecule has 0 radical (unpaired) electrons. The fourth-order valence-electron chi connectivity index (χ4n) is 1.68. The number of nitrogens with two attached hydrogens (primary N) is 1. The molecule has 0 spiro atoms. The van der Waals surface area contributed by atoms with Crippen molar-refractivity contribution in [1.82, 2.24) is 0 Å². The summed E-state index contributed by atoms with van der Waals surface area (Å²) in [4.78, 5) is 13.8. The smallest absolute Gasteiger partial charge is 0.229 e. The first kappa shape index (κ1) is 13.7. The standard InChI is InChI=1S/C13H20N2O2/c1-3-15(11-7-5-4-6-8-11)13(16)9-12(10-14)17-2/h4-8,12H,3,9-10,14H2,1-2H3. The highest BCUT2D eigenvalue weighted by Gasteiger charge is 2.18. The molecule has 1 unspecified atom stereocenters. The molecule has 1 rings (SSSR count). The van der Waals surface area contributed by atoms with Crippen molar-refractivity contribution in [1.29, 1.82) is 0 Å². The Morgan fingerprint density at radius 2 is 2.06 bits per heavy atom. The summed E-state index contributed by atoms with van der Waals surface area (Å²) in [5.41, 5.74) is 6.43. The predicted octanol–water partition coefficient (Wildman–Crippen LogP) is 1.40. The van der Waals surface area contributed by atoms with Crippen molar-refractivity contribution < 1.29 is 9.53 Å². The van der Waals surface area contributed by atoms with Gasteiger partial charge in [-0.2, -0.15) is 0 Å². The lowest BCUT2D eigenvalue weighted by molar-refractivity contribution is -0.120. The summed E-state index contributed by atoms with van der Waals surface area (Å²) in [7, 11) is 1.57. The Morgan fingerprint density at radius 1 is 1.41 bits per heavy atom. The molecule has 0 saturated carbocycles. The summed E-state index contributed by atoms with van der Waals surface area (Å²) in [5, 5.41) is 0. The third kappa shape index (κ3) is 3.84. The van der Waals surface area contributed by atoms with Crippen LogP contribution in [0.25, 0.3) is 0 Å². The lowest BCUT2D eigenvalue weighted by atomic mass is 10.2. The maximum atomic E-state index is 12.1. The Kier molecular flexibility index (Phi) is 5.66. The van der Waals surface area contributed by atoms with Crippen LogP contribution in [0.2, 0.25) is 0 Å². The van der Waals surface area contributed by atoms with Crippen molar-refractivity contribution >= 4 is 11.6 Å². The van der Waals surface area contributed by atoms with Crippen molar-refractivity contribution in [2.24, 2.45) is 5.73 Å². The molecule has 0 aromatic heterocycles. The molecule has 1 atom stereocenters. The van der Waals surface area contributed by atoms with E-state index in [9.17, 15) is 4.79 Å². The summed E-state index contributed by atoms with van der Waals surface area (Å²) in [5.74, 6) is 0.0380. The number of rotatable bonds is 6. The van der Waals surface area contributed by atoms with Gasteiger partial charge < -0.3 is 15.4 Å². The molecule has 0 heterocycles. The second-order valence-corrected chi connectivity index (χ2v) is 3.77. The zero-order valence-electron chi connectivity index (χ0n) is 10.4. The van der Waals surface area contributed by atoms with Crippen LogP contribution in [0.15, 0.2) is 30.3 Å². The van der Waals surface area contributed by atoms with Crippen LogP contribution in [0.5, 0.6) is 0 Å². The van der Waals surface area contributed by atoms with Crippen LogP contribution >= 0.6 is 0 Å². The van der Waals surface area contributed by atoms with Crippen LogP contribution in [-0.4, -0.2) is 32.2 Å². The van der Waals surface area contributed by atoms with Gasteiger partial charge in [-0.3, -0.25) is 4.79 Å². The molecular weight excluding hydrogens is 216 g/mol. The lowest BCUT2D eigenvalue weighted by Crippen LogP contribution is -2.36. The highest BCUT2D eigenvalue weighted by Crippen LogP contribution is 2.14. The zero-order valence-corrected chi connectivity index (χ0v) is 10.4. The topological polar surface area (TPSA) is 55.6 Å². The van der Waals surface area contributed by atoms with Gasteiger partial charge in [0, 0.05) is 25.9 Å². The molecule has 0 aliphatic carbocycles. The quantitative estimate of drug-likeness (QED) is 0.812. The van der Waals surface area contributed by atoms with Gasteiger partial charge in [-0.15, -0.1) is 0 Å². The first-order chi connectivity index (χ1) is 8.22. The Hall–Kier alpha value is -1.39. The van der Waals surface area contributed by atoms with E-state index in [4.69, 9.17) is 10.5 Å². The highest BCUT2D eigenvalue weighted by molar-refractivity contribution is 5.93. The van der Waals surface area contributed by atoms with Crippen LogP contribution in [0.3, 0.4) is 0 Å². The monoisotopic (exact) mass is 236 g/mol. The molecule has 1 aromatic rings. The minimum Gasteiger partial charge on any atom is -0.380 e. The Bertz CT molecular complexity index is 337. The summed E-state index contributed by atoms with van der Waals surface area (Å²) in [6, 6.07) is 9.61. The average molecular weight is 236 g/mol. The Balaban J connectivity index is 2.71. The number of carbonyl (C=O) groups excluding carboxylic acids is 1. The summed E-state index contributed by atoms with van der Waals surface area (Å²) in [6.45, 7) is 2.95. The average Bonchev–Trinajstić information content (AvgIpc) is 2.38. The van der Waals surface area contributed by atoms with Crippen molar-refractivity contribution in [2.45, 2.75) is 19.4 Å². The van der Waals surface area contributed by atoms with E-state index >= 15 is 0 Å². The fraction of sp³-hybridized carbons (Fsp3) is 0.462. The second-order valence-electron chi connectivity index (χ2n) is 3.77. The first-order valence-electron chi connectivity index (χ1n) is 5.81. The van der Waals surface area contributed by atoms with E-state index in [-0.39, 0.29) is 12.0 Å². The van der Waals surface area contributed by atoms with Gasteiger partial charge in [0.05, 0.1) is 12.5 Å². The molecular formula is C13H20N2O2. The molecule has 0 saturated heterocycles. The van der Waals surface area contributed by atoms with E-state index in [1.54, 1.807) is 12.0 Å². The minimum absolute atomic E-state index is 0.0380. The zero-order chi connectivity index (χ0) is 12.7. The molecule has 0 aliphatic rings. The summed E-state index contributed by atoms with van der Waals surface area (Å²) < 4.78 is 5.13. The number of benzene rings is 1. The predicted molar refractivity (Wildman–Crippen MR) is 68.9 cm³/mol. The molecule has 2 N–H and O–H groups in total. The largest absolute Gasteiger partial charge is 0.380 e. The van der Waals surface area contributed by atoms with Crippen LogP contribution in [-0.2, 0) is 9.53 Å². The molecule has 94 valence electrons. The van der Waals surface area contributed by atoms with Gasteiger partial charge in [-0.25, -0.2) is 0 Å². The molecule has 1 aromatic carbocycles. The molecule has 17 heavy (non-hydrogen) atoms. The SMILES string of the molecule is CCN(C(=O)CC(CN)OC)c1ccccc1. The molecule has 0 bridgehead atoms. The maximum Gasteiger partial charge on any atom is 0.229 e. The third-order valence-electron chi connectivity index (χ3n) is 2.68. The summed E-state index contributed by atoms with van der Waals surface area (Å²) in [6.07, 6.45) is 0.107. The van der Waals surface area contributed by atoms with Crippen LogP contribution in [0.1, 0.15) is 13.3 Å². The van der Waals surface area contributed by atoms with Gasteiger partial charge >= 0.3 is 0 Å². The van der Waals surface area contributed by atoms with E-state index in [1.807, 2.05) is 37.3 Å². The molecule has 1 amide bonds. The van der Waals surface area contributed by atoms with Crippen molar-refractivity contribution in [3.05, 3.63) is 30.3 Å². The van der Waals surface area contributed by atoms with Gasteiger partial charge in [-0.05, 0) is 19.1 Å². The molecule has 0 aliphatic heterocycles. The van der Waals surface area contributed by atoms with Gasteiger partial charge in [-0.1, -0.05) is 18.2 Å². The highest BCUT2D eigenvalue weighted by atomic mass is 16.5. The second kappa shape index (κ2) is 7.04.